The summed E-state index contributed by atoms with van der Waals surface area (Å²) in [5, 5.41) is 0. The van der Waals surface area contributed by atoms with Gasteiger partial charge < -0.3 is 4.74 Å². The van der Waals surface area contributed by atoms with Crippen LogP contribution in [0.25, 0.3) is 0 Å². The number of rotatable bonds is 4. The van der Waals surface area contributed by atoms with Crippen molar-refractivity contribution in [2.24, 2.45) is 11.8 Å². The van der Waals surface area contributed by atoms with Crippen LogP contribution in [0.2, 0.25) is 0 Å². The first-order valence-corrected chi connectivity index (χ1v) is 6.77. The van der Waals surface area contributed by atoms with Crippen LogP contribution in [-0.4, -0.2) is 11.6 Å². The molecule has 0 aromatic heterocycles. The number of esters is 1. The van der Waals surface area contributed by atoms with E-state index in [2.05, 4.69) is 27.4 Å². The van der Waals surface area contributed by atoms with Crippen molar-refractivity contribution in [3.63, 3.8) is 0 Å². The molecule has 1 aliphatic rings. The zero-order valence-corrected chi connectivity index (χ0v) is 11.7. The van der Waals surface area contributed by atoms with Crippen molar-refractivity contribution in [1.29, 1.82) is 0 Å². The highest BCUT2D eigenvalue weighted by Gasteiger charge is 2.35. The average Bonchev–Trinajstić information content (AvgIpc) is 2.28. The molecular formula is C15H26O2. The van der Waals surface area contributed by atoms with Crippen LogP contribution in [0.1, 0.15) is 59.8 Å². The largest absolute Gasteiger partial charge is 0.456 e. The second kappa shape index (κ2) is 5.70. The highest BCUT2D eigenvalue weighted by molar-refractivity contribution is 5.87. The molecule has 17 heavy (non-hydrogen) atoms. The summed E-state index contributed by atoms with van der Waals surface area (Å²) in [4.78, 5) is 11.6. The van der Waals surface area contributed by atoms with E-state index in [1.54, 1.807) is 6.92 Å². The molecule has 0 spiro atoms. The summed E-state index contributed by atoms with van der Waals surface area (Å²) in [6.07, 6.45) is 5.57. The van der Waals surface area contributed by atoms with Gasteiger partial charge in [0, 0.05) is 5.57 Å². The molecule has 0 bridgehead atoms. The Morgan fingerprint density at radius 1 is 1.47 bits per heavy atom. The second-order valence-electron chi connectivity index (χ2n) is 5.84. The maximum atomic E-state index is 11.6. The molecule has 1 saturated carbocycles. The summed E-state index contributed by atoms with van der Waals surface area (Å²) >= 11 is 0. The van der Waals surface area contributed by atoms with E-state index >= 15 is 0 Å². The summed E-state index contributed by atoms with van der Waals surface area (Å²) in [5.74, 6) is 1.35. The van der Waals surface area contributed by atoms with Gasteiger partial charge in [-0.15, -0.1) is 0 Å². The molecule has 0 amide bonds. The molecule has 0 saturated heterocycles. The van der Waals surface area contributed by atoms with Gasteiger partial charge in [0.05, 0.1) is 0 Å². The van der Waals surface area contributed by atoms with Crippen LogP contribution in [0.3, 0.4) is 0 Å². The highest BCUT2D eigenvalue weighted by atomic mass is 16.6. The molecule has 1 fully saturated rings. The molecule has 0 N–H and O–H groups in total. The summed E-state index contributed by atoms with van der Waals surface area (Å²) < 4.78 is 5.56. The second-order valence-corrected chi connectivity index (χ2v) is 5.84. The van der Waals surface area contributed by atoms with E-state index in [-0.39, 0.29) is 11.6 Å². The fourth-order valence-corrected chi connectivity index (χ4v) is 2.57. The van der Waals surface area contributed by atoms with Crippen molar-refractivity contribution < 1.29 is 9.53 Å². The van der Waals surface area contributed by atoms with Crippen molar-refractivity contribution >= 4 is 5.97 Å². The van der Waals surface area contributed by atoms with Gasteiger partial charge in [0.2, 0.25) is 0 Å². The van der Waals surface area contributed by atoms with Gasteiger partial charge in [-0.1, -0.05) is 26.8 Å². The predicted octanol–water partition coefficient (Wildman–Crippen LogP) is 4.10. The maximum Gasteiger partial charge on any atom is 0.333 e. The Kier molecular flexibility index (Phi) is 4.79. The molecule has 0 aromatic carbocycles. The quantitative estimate of drug-likeness (QED) is 0.544. The van der Waals surface area contributed by atoms with Gasteiger partial charge in [0.25, 0.3) is 0 Å². The molecular weight excluding hydrogens is 212 g/mol. The lowest BCUT2D eigenvalue weighted by Crippen LogP contribution is -2.37. The van der Waals surface area contributed by atoms with Crippen LogP contribution in [-0.2, 0) is 9.53 Å². The third kappa shape index (κ3) is 3.86. The van der Waals surface area contributed by atoms with Gasteiger partial charge in [0.1, 0.15) is 5.60 Å². The molecule has 1 unspecified atom stereocenters. The Bertz CT molecular complexity index is 285. The molecule has 98 valence electrons. The fourth-order valence-electron chi connectivity index (χ4n) is 2.57. The molecule has 0 aromatic rings. The summed E-state index contributed by atoms with van der Waals surface area (Å²) in [7, 11) is 0. The van der Waals surface area contributed by atoms with E-state index in [1.807, 2.05) is 0 Å². The first-order chi connectivity index (χ1) is 7.88. The van der Waals surface area contributed by atoms with Crippen LogP contribution >= 0.6 is 0 Å². The Morgan fingerprint density at radius 2 is 2.00 bits per heavy atom. The third-order valence-electron chi connectivity index (χ3n) is 4.22. The van der Waals surface area contributed by atoms with Crippen LogP contribution in [0.5, 0.6) is 0 Å². The molecule has 2 nitrogen and oxygen atoms in total. The summed E-state index contributed by atoms with van der Waals surface area (Å²) in [6, 6.07) is 0. The lowest BCUT2D eigenvalue weighted by atomic mass is 9.74. The molecule has 2 heteroatoms. The zero-order valence-electron chi connectivity index (χ0n) is 11.7. The van der Waals surface area contributed by atoms with Gasteiger partial charge in [-0.25, -0.2) is 4.79 Å². The third-order valence-corrected chi connectivity index (χ3v) is 4.22. The van der Waals surface area contributed by atoms with E-state index in [9.17, 15) is 4.79 Å². The first kappa shape index (κ1) is 14.3. The highest BCUT2D eigenvalue weighted by Crippen LogP contribution is 2.38. The fraction of sp³-hybridized carbons (Fsp3) is 0.800. The Balaban J connectivity index is 2.49. The molecule has 0 aliphatic heterocycles. The lowest BCUT2D eigenvalue weighted by Gasteiger charge is -2.38. The minimum Gasteiger partial charge on any atom is -0.456 e. The Hall–Kier alpha value is -0.790. The van der Waals surface area contributed by atoms with Gasteiger partial charge >= 0.3 is 5.97 Å². The summed E-state index contributed by atoms with van der Waals surface area (Å²) in [5.41, 5.74) is 0.232. The number of hydrogen-bond acceptors (Lipinski definition) is 2. The SMILES string of the molecule is C=C(C)C(=O)OC1(C)CCC(C(C)CC)CC1. The number of ether oxygens (including phenoxy) is 1. The Labute approximate surface area is 105 Å². The van der Waals surface area contributed by atoms with E-state index in [4.69, 9.17) is 4.74 Å². The van der Waals surface area contributed by atoms with Crippen molar-refractivity contribution in [3.05, 3.63) is 12.2 Å². The zero-order chi connectivity index (χ0) is 13.1. The lowest BCUT2D eigenvalue weighted by molar-refractivity contribution is -0.157. The van der Waals surface area contributed by atoms with Crippen molar-refractivity contribution in [2.75, 3.05) is 0 Å². The molecule has 1 aliphatic carbocycles. The number of carbonyl (C=O) groups is 1. The number of hydrogen-bond donors (Lipinski definition) is 0. The predicted molar refractivity (Wildman–Crippen MR) is 70.7 cm³/mol. The standard InChI is InChI=1S/C15H26O2/c1-6-12(4)13-7-9-15(5,10-8-13)17-14(16)11(2)3/h12-13H,2,6-10H2,1,3-5H3. The number of carbonyl (C=O) groups excluding carboxylic acids is 1. The van der Waals surface area contributed by atoms with E-state index in [1.165, 1.54) is 19.3 Å². The summed E-state index contributed by atoms with van der Waals surface area (Å²) in [6.45, 7) is 12.0. The minimum absolute atomic E-state index is 0.241. The van der Waals surface area contributed by atoms with Crippen LogP contribution in [0, 0.1) is 11.8 Å². The van der Waals surface area contributed by atoms with Gasteiger partial charge in [-0.05, 0) is 51.4 Å². The van der Waals surface area contributed by atoms with Crippen molar-refractivity contribution in [1.82, 2.24) is 0 Å². The smallest absolute Gasteiger partial charge is 0.333 e. The normalized spacial score (nSPS) is 30.7. The van der Waals surface area contributed by atoms with E-state index in [0.717, 1.165) is 24.7 Å². The average molecular weight is 238 g/mol. The molecule has 0 heterocycles. The molecule has 1 rings (SSSR count). The van der Waals surface area contributed by atoms with Gasteiger partial charge in [-0.2, -0.15) is 0 Å². The van der Waals surface area contributed by atoms with Crippen LogP contribution in [0.15, 0.2) is 12.2 Å². The van der Waals surface area contributed by atoms with Crippen molar-refractivity contribution in [3.8, 4) is 0 Å². The van der Waals surface area contributed by atoms with Gasteiger partial charge in [0.15, 0.2) is 0 Å². The van der Waals surface area contributed by atoms with Gasteiger partial charge in [-0.3, -0.25) is 0 Å². The minimum atomic E-state index is -0.264. The molecule has 1 atom stereocenters. The van der Waals surface area contributed by atoms with E-state index in [0.29, 0.717) is 5.57 Å². The Morgan fingerprint density at radius 3 is 2.41 bits per heavy atom. The van der Waals surface area contributed by atoms with Crippen LogP contribution < -0.4 is 0 Å². The van der Waals surface area contributed by atoms with E-state index < -0.39 is 0 Å². The first-order valence-electron chi connectivity index (χ1n) is 6.77. The topological polar surface area (TPSA) is 26.3 Å². The van der Waals surface area contributed by atoms with Crippen molar-refractivity contribution in [2.45, 2.75) is 65.4 Å². The maximum absolute atomic E-state index is 11.6. The van der Waals surface area contributed by atoms with Crippen LogP contribution in [0.4, 0.5) is 0 Å². The monoisotopic (exact) mass is 238 g/mol. The molecule has 0 radical (unpaired) electrons.